The van der Waals surface area contributed by atoms with Crippen molar-refractivity contribution in [3.8, 4) is 6.07 Å². The summed E-state index contributed by atoms with van der Waals surface area (Å²) in [6, 6.07) is 8.74. The Morgan fingerprint density at radius 1 is 1.50 bits per heavy atom. The fraction of sp³-hybridized carbons (Fsp3) is 0.357. The van der Waals surface area contributed by atoms with E-state index in [4.69, 9.17) is 22.6 Å². The molecule has 6 heteroatoms. The van der Waals surface area contributed by atoms with Gasteiger partial charge in [-0.05, 0) is 42.8 Å². The summed E-state index contributed by atoms with van der Waals surface area (Å²) in [7, 11) is 0. The van der Waals surface area contributed by atoms with E-state index in [-0.39, 0.29) is 0 Å². The molecule has 1 aliphatic heterocycles. The van der Waals surface area contributed by atoms with E-state index in [9.17, 15) is 4.79 Å². The number of carboxylic acids is 1. The third-order valence-electron chi connectivity index (χ3n) is 3.33. The molecule has 0 amide bonds. The number of carboxylic acid groups (broad SMARTS) is 1. The Labute approximate surface area is 122 Å². The zero-order valence-electron chi connectivity index (χ0n) is 10.9. The van der Waals surface area contributed by atoms with Crippen LogP contribution in [-0.4, -0.2) is 33.7 Å². The molecular formula is C14H15N3O2S. The minimum atomic E-state index is -0.829. The first-order valence-corrected chi connectivity index (χ1v) is 6.79. The second-order valence-electron chi connectivity index (χ2n) is 4.66. The molecule has 0 bridgehead atoms. The molecule has 5 nitrogen and oxygen atoms in total. The van der Waals surface area contributed by atoms with Crippen LogP contribution in [0.4, 0.5) is 0 Å². The first-order chi connectivity index (χ1) is 9.61. The number of aliphatic carboxylic acids is 1. The zero-order chi connectivity index (χ0) is 14.5. The monoisotopic (exact) mass is 289 g/mol. The van der Waals surface area contributed by atoms with E-state index in [0.29, 0.717) is 30.2 Å². The van der Waals surface area contributed by atoms with E-state index in [2.05, 4.69) is 11.4 Å². The summed E-state index contributed by atoms with van der Waals surface area (Å²) < 4.78 is 0. The van der Waals surface area contributed by atoms with Gasteiger partial charge in [-0.3, -0.25) is 0 Å². The van der Waals surface area contributed by atoms with Crippen molar-refractivity contribution in [1.29, 1.82) is 5.26 Å². The summed E-state index contributed by atoms with van der Waals surface area (Å²) in [5.74, 6) is -0.829. The van der Waals surface area contributed by atoms with Gasteiger partial charge < -0.3 is 15.3 Å². The molecular weight excluding hydrogens is 274 g/mol. The van der Waals surface area contributed by atoms with E-state index < -0.39 is 12.0 Å². The van der Waals surface area contributed by atoms with Gasteiger partial charge in [-0.2, -0.15) is 5.26 Å². The first-order valence-electron chi connectivity index (χ1n) is 6.38. The number of likely N-dealkylation sites (tertiary alicyclic amines) is 1. The molecule has 2 rings (SSSR count). The third-order valence-corrected chi connectivity index (χ3v) is 3.70. The number of hydrogen-bond donors (Lipinski definition) is 2. The molecule has 1 fully saturated rings. The summed E-state index contributed by atoms with van der Waals surface area (Å²) in [5.41, 5.74) is 1.61. The van der Waals surface area contributed by atoms with Gasteiger partial charge in [-0.25, -0.2) is 4.79 Å². The fourth-order valence-corrected chi connectivity index (χ4v) is 2.53. The molecule has 20 heavy (non-hydrogen) atoms. The maximum atomic E-state index is 11.1. The van der Waals surface area contributed by atoms with Gasteiger partial charge in [0.05, 0.1) is 11.6 Å². The summed E-state index contributed by atoms with van der Waals surface area (Å²) in [6.07, 6.45) is 1.48. The largest absolute Gasteiger partial charge is 0.480 e. The second-order valence-corrected chi connectivity index (χ2v) is 5.04. The highest BCUT2D eigenvalue weighted by atomic mass is 32.1. The van der Waals surface area contributed by atoms with Crippen molar-refractivity contribution in [3.63, 3.8) is 0 Å². The van der Waals surface area contributed by atoms with Gasteiger partial charge in [-0.15, -0.1) is 0 Å². The maximum absolute atomic E-state index is 11.1. The van der Waals surface area contributed by atoms with Crippen LogP contribution < -0.4 is 5.32 Å². The molecule has 0 aromatic heterocycles. The van der Waals surface area contributed by atoms with Crippen molar-refractivity contribution in [2.24, 2.45) is 0 Å². The number of hydrogen-bond acceptors (Lipinski definition) is 3. The summed E-state index contributed by atoms with van der Waals surface area (Å²) >= 11 is 5.26. The van der Waals surface area contributed by atoms with Crippen LogP contribution in [0, 0.1) is 11.3 Å². The highest BCUT2D eigenvalue weighted by molar-refractivity contribution is 7.80. The molecule has 1 atom stereocenters. The lowest BCUT2D eigenvalue weighted by atomic mass is 10.1. The number of nitrogens with one attached hydrogen (secondary N) is 1. The van der Waals surface area contributed by atoms with Gasteiger partial charge in [-0.1, -0.05) is 12.1 Å². The number of carbonyl (C=O) groups is 1. The maximum Gasteiger partial charge on any atom is 0.326 e. The Balaban J connectivity index is 1.91. The third kappa shape index (κ3) is 3.25. The highest BCUT2D eigenvalue weighted by Crippen LogP contribution is 2.17. The van der Waals surface area contributed by atoms with Crippen molar-refractivity contribution in [1.82, 2.24) is 10.2 Å². The minimum absolute atomic E-state index is 0.472. The normalized spacial score (nSPS) is 17.6. The van der Waals surface area contributed by atoms with Crippen molar-refractivity contribution in [2.75, 3.05) is 6.54 Å². The predicted molar refractivity (Wildman–Crippen MR) is 78.0 cm³/mol. The number of nitriles is 1. The van der Waals surface area contributed by atoms with Gasteiger partial charge in [0, 0.05) is 13.1 Å². The molecule has 0 radical (unpaired) electrons. The molecule has 0 spiro atoms. The van der Waals surface area contributed by atoms with Crippen LogP contribution in [0.1, 0.15) is 24.0 Å². The van der Waals surface area contributed by atoms with Gasteiger partial charge in [0.2, 0.25) is 0 Å². The smallest absolute Gasteiger partial charge is 0.326 e. The van der Waals surface area contributed by atoms with Crippen LogP contribution >= 0.6 is 12.2 Å². The number of rotatable bonds is 3. The summed E-state index contributed by atoms with van der Waals surface area (Å²) in [4.78, 5) is 12.8. The molecule has 0 unspecified atom stereocenters. The summed E-state index contributed by atoms with van der Waals surface area (Å²) in [5, 5.41) is 21.4. The SMILES string of the molecule is N#Cc1ccc(CNC(=S)N2CCC[C@H]2C(=O)O)cc1. The number of benzene rings is 1. The van der Waals surface area contributed by atoms with Crippen molar-refractivity contribution >= 4 is 23.3 Å². The van der Waals surface area contributed by atoms with Gasteiger partial charge in [0.25, 0.3) is 0 Å². The number of nitrogens with zero attached hydrogens (tertiary/aromatic N) is 2. The van der Waals surface area contributed by atoms with E-state index in [1.165, 1.54) is 0 Å². The van der Waals surface area contributed by atoms with Crippen LogP contribution in [0.25, 0.3) is 0 Å². The molecule has 104 valence electrons. The predicted octanol–water partition coefficient (Wildman–Crippen LogP) is 1.48. The van der Waals surface area contributed by atoms with Gasteiger partial charge in [0.15, 0.2) is 5.11 Å². The standard InChI is InChI=1S/C14H15N3O2S/c15-8-10-3-5-11(6-4-10)9-16-14(20)17-7-1-2-12(17)13(18)19/h3-6,12H,1-2,7,9H2,(H,16,20)(H,18,19)/t12-/m0/s1. The van der Waals surface area contributed by atoms with Crippen molar-refractivity contribution in [3.05, 3.63) is 35.4 Å². The lowest BCUT2D eigenvalue weighted by Crippen LogP contribution is -2.45. The Morgan fingerprint density at radius 3 is 2.80 bits per heavy atom. The Morgan fingerprint density at radius 2 is 2.20 bits per heavy atom. The minimum Gasteiger partial charge on any atom is -0.480 e. The van der Waals surface area contributed by atoms with E-state index >= 15 is 0 Å². The molecule has 0 aliphatic carbocycles. The molecule has 1 aliphatic rings. The number of thiocarbonyl (C=S) groups is 1. The van der Waals surface area contributed by atoms with Crippen LogP contribution in [0.3, 0.4) is 0 Å². The van der Waals surface area contributed by atoms with E-state index in [0.717, 1.165) is 12.0 Å². The second kappa shape index (κ2) is 6.35. The van der Waals surface area contributed by atoms with Crippen molar-refractivity contribution in [2.45, 2.75) is 25.4 Å². The molecule has 1 aromatic rings. The Kier molecular flexibility index (Phi) is 4.53. The lowest BCUT2D eigenvalue weighted by Gasteiger charge is -2.24. The van der Waals surface area contributed by atoms with Gasteiger partial charge in [0.1, 0.15) is 6.04 Å². The molecule has 2 N–H and O–H groups in total. The van der Waals surface area contributed by atoms with Crippen LogP contribution in [-0.2, 0) is 11.3 Å². The van der Waals surface area contributed by atoms with Crippen LogP contribution in [0.15, 0.2) is 24.3 Å². The molecule has 1 heterocycles. The summed E-state index contributed by atoms with van der Waals surface area (Å²) in [6.45, 7) is 1.20. The molecule has 1 saturated heterocycles. The van der Waals surface area contributed by atoms with E-state index in [1.807, 2.05) is 12.1 Å². The van der Waals surface area contributed by atoms with Crippen LogP contribution in [0.2, 0.25) is 0 Å². The Bertz CT molecular complexity index is 551. The molecule has 1 aromatic carbocycles. The quantitative estimate of drug-likeness (QED) is 0.821. The first kappa shape index (κ1) is 14.3. The molecule has 0 saturated carbocycles. The van der Waals surface area contributed by atoms with E-state index in [1.54, 1.807) is 17.0 Å². The Hall–Kier alpha value is -2.13. The highest BCUT2D eigenvalue weighted by Gasteiger charge is 2.31. The lowest BCUT2D eigenvalue weighted by molar-refractivity contribution is -0.140. The zero-order valence-corrected chi connectivity index (χ0v) is 11.7. The average Bonchev–Trinajstić information content (AvgIpc) is 2.95. The fourth-order valence-electron chi connectivity index (χ4n) is 2.24. The van der Waals surface area contributed by atoms with Crippen molar-refractivity contribution < 1.29 is 9.90 Å². The van der Waals surface area contributed by atoms with Gasteiger partial charge >= 0.3 is 5.97 Å². The average molecular weight is 289 g/mol. The van der Waals surface area contributed by atoms with Crippen LogP contribution in [0.5, 0.6) is 0 Å². The topological polar surface area (TPSA) is 76.4 Å².